The minimum Gasteiger partial charge on any atom is -0.391 e. The molecule has 3 aromatic heterocycles. The van der Waals surface area contributed by atoms with Gasteiger partial charge in [0, 0.05) is 42.2 Å². The number of pyridine rings is 1. The van der Waals surface area contributed by atoms with Crippen LogP contribution in [0.1, 0.15) is 23.4 Å². The maximum Gasteiger partial charge on any atom is 0.269 e. The maximum atomic E-state index is 12.6. The molecular weight excluding hydrogens is 346 g/mol. The molecule has 0 unspecified atom stereocenters. The van der Waals surface area contributed by atoms with Crippen LogP contribution in [0.25, 0.3) is 11.3 Å². The van der Waals surface area contributed by atoms with Gasteiger partial charge in [-0.05, 0) is 32.4 Å². The highest BCUT2D eigenvalue weighted by atomic mass is 16.5. The van der Waals surface area contributed by atoms with Crippen molar-refractivity contribution in [2.45, 2.75) is 32.9 Å². The Morgan fingerprint density at radius 1 is 1.30 bits per heavy atom. The van der Waals surface area contributed by atoms with Crippen molar-refractivity contribution in [2.75, 3.05) is 18.0 Å². The van der Waals surface area contributed by atoms with Crippen LogP contribution < -0.4 is 10.5 Å². The Kier molecular flexibility index (Phi) is 4.49. The van der Waals surface area contributed by atoms with E-state index in [-0.39, 0.29) is 18.2 Å². The number of rotatable bonds is 4. The van der Waals surface area contributed by atoms with Crippen molar-refractivity contribution in [1.82, 2.24) is 19.9 Å². The quantitative estimate of drug-likeness (QED) is 0.747. The van der Waals surface area contributed by atoms with Crippen LogP contribution in [-0.4, -0.2) is 44.2 Å². The molecule has 1 saturated heterocycles. The molecule has 0 saturated carbocycles. The summed E-state index contributed by atoms with van der Waals surface area (Å²) in [5, 5.41) is 18.1. The molecule has 4 heterocycles. The summed E-state index contributed by atoms with van der Waals surface area (Å²) in [5.41, 5.74) is 3.75. The van der Waals surface area contributed by atoms with E-state index < -0.39 is 0 Å². The zero-order chi connectivity index (χ0) is 19.0. The van der Waals surface area contributed by atoms with Crippen LogP contribution in [0, 0.1) is 13.8 Å². The number of aliphatic hydroxyl groups excluding tert-OH is 1. The fourth-order valence-corrected chi connectivity index (χ4v) is 3.25. The van der Waals surface area contributed by atoms with Crippen LogP contribution in [0.3, 0.4) is 0 Å². The van der Waals surface area contributed by atoms with Gasteiger partial charge in [-0.25, -0.2) is 4.68 Å². The molecule has 1 aliphatic rings. The predicted molar refractivity (Wildman–Crippen MR) is 99.6 cm³/mol. The molecule has 0 radical (unpaired) electrons. The second-order valence-electron chi connectivity index (χ2n) is 6.85. The van der Waals surface area contributed by atoms with Gasteiger partial charge in [-0.1, -0.05) is 5.16 Å². The van der Waals surface area contributed by atoms with E-state index in [9.17, 15) is 9.90 Å². The largest absolute Gasteiger partial charge is 0.391 e. The molecule has 0 bridgehead atoms. The fourth-order valence-electron chi connectivity index (χ4n) is 3.25. The molecule has 1 aliphatic heterocycles. The lowest BCUT2D eigenvalue weighted by Gasteiger charge is -2.17. The first-order valence-corrected chi connectivity index (χ1v) is 8.89. The van der Waals surface area contributed by atoms with Crippen molar-refractivity contribution in [3.05, 3.63) is 58.0 Å². The van der Waals surface area contributed by atoms with Gasteiger partial charge in [0.15, 0.2) is 0 Å². The van der Waals surface area contributed by atoms with Gasteiger partial charge in [-0.3, -0.25) is 9.78 Å². The molecule has 1 N–H and O–H groups in total. The summed E-state index contributed by atoms with van der Waals surface area (Å²) in [6, 6.07) is 5.40. The van der Waals surface area contributed by atoms with Crippen LogP contribution in [-0.2, 0) is 6.54 Å². The molecule has 1 fully saturated rings. The SMILES string of the molecule is Cc1ccc(-c2noc(C)c2Cn2ncc(N3CC[C@@H](O)C3)cc2=O)cn1. The average molecular weight is 367 g/mol. The lowest BCUT2D eigenvalue weighted by Crippen LogP contribution is -2.27. The topological polar surface area (TPSA) is 97.3 Å². The highest BCUT2D eigenvalue weighted by molar-refractivity contribution is 5.62. The average Bonchev–Trinajstić information content (AvgIpc) is 3.24. The van der Waals surface area contributed by atoms with Crippen LogP contribution in [0.15, 0.2) is 39.9 Å². The van der Waals surface area contributed by atoms with Crippen LogP contribution in [0.5, 0.6) is 0 Å². The summed E-state index contributed by atoms with van der Waals surface area (Å²) in [6.07, 6.45) is 3.76. The second-order valence-corrected chi connectivity index (χ2v) is 6.85. The first kappa shape index (κ1) is 17.4. The molecule has 0 aliphatic carbocycles. The van der Waals surface area contributed by atoms with Gasteiger partial charge in [0.1, 0.15) is 11.5 Å². The first-order valence-electron chi connectivity index (χ1n) is 8.89. The summed E-state index contributed by atoms with van der Waals surface area (Å²) in [6.45, 7) is 5.25. The second kappa shape index (κ2) is 6.96. The van der Waals surface area contributed by atoms with Crippen LogP contribution >= 0.6 is 0 Å². The lowest BCUT2D eigenvalue weighted by atomic mass is 10.1. The van der Waals surface area contributed by atoms with E-state index in [1.54, 1.807) is 18.5 Å². The third-order valence-corrected chi connectivity index (χ3v) is 4.86. The number of aliphatic hydroxyl groups is 1. The molecule has 0 amide bonds. The highest BCUT2D eigenvalue weighted by Crippen LogP contribution is 2.25. The van der Waals surface area contributed by atoms with E-state index in [4.69, 9.17) is 4.52 Å². The standard InChI is InChI=1S/C19H21N5O3/c1-12-3-4-14(8-20-12)19-17(13(2)27-22-19)11-24-18(26)7-15(9-21-24)23-6-5-16(25)10-23/h3-4,7-9,16,25H,5-6,10-11H2,1-2H3/t16-/m1/s1. The molecule has 0 spiro atoms. The Hall–Kier alpha value is -3.00. The minimum absolute atomic E-state index is 0.206. The number of aryl methyl sites for hydroxylation is 2. The van der Waals surface area contributed by atoms with Crippen molar-refractivity contribution in [3.8, 4) is 11.3 Å². The number of hydrogen-bond acceptors (Lipinski definition) is 7. The summed E-state index contributed by atoms with van der Waals surface area (Å²) in [7, 11) is 0. The van der Waals surface area contributed by atoms with Crippen LogP contribution in [0.4, 0.5) is 5.69 Å². The zero-order valence-electron chi connectivity index (χ0n) is 15.3. The highest BCUT2D eigenvalue weighted by Gasteiger charge is 2.22. The minimum atomic E-state index is -0.349. The number of aromatic nitrogens is 4. The van der Waals surface area contributed by atoms with Crippen molar-refractivity contribution in [3.63, 3.8) is 0 Å². The molecule has 8 heteroatoms. The van der Waals surface area contributed by atoms with Gasteiger partial charge in [0.2, 0.25) is 0 Å². The third kappa shape index (κ3) is 3.48. The van der Waals surface area contributed by atoms with Gasteiger partial charge < -0.3 is 14.5 Å². The van der Waals surface area contributed by atoms with Crippen molar-refractivity contribution >= 4 is 5.69 Å². The summed E-state index contributed by atoms with van der Waals surface area (Å²) in [5.74, 6) is 0.644. The molecule has 3 aromatic rings. The predicted octanol–water partition coefficient (Wildman–Crippen LogP) is 1.53. The van der Waals surface area contributed by atoms with Gasteiger partial charge in [0.05, 0.1) is 24.5 Å². The van der Waals surface area contributed by atoms with E-state index in [1.165, 1.54) is 4.68 Å². The van der Waals surface area contributed by atoms with E-state index in [0.717, 1.165) is 29.1 Å². The summed E-state index contributed by atoms with van der Waals surface area (Å²) in [4.78, 5) is 18.8. The van der Waals surface area contributed by atoms with E-state index in [2.05, 4.69) is 15.2 Å². The van der Waals surface area contributed by atoms with Gasteiger partial charge in [-0.2, -0.15) is 5.10 Å². The maximum absolute atomic E-state index is 12.6. The summed E-state index contributed by atoms with van der Waals surface area (Å²) >= 11 is 0. The van der Waals surface area contributed by atoms with Crippen LogP contribution in [0.2, 0.25) is 0 Å². The van der Waals surface area contributed by atoms with E-state index in [0.29, 0.717) is 24.4 Å². The third-order valence-electron chi connectivity index (χ3n) is 4.86. The molecule has 140 valence electrons. The normalized spacial score (nSPS) is 16.9. The van der Waals surface area contributed by atoms with Gasteiger partial charge in [-0.15, -0.1) is 0 Å². The molecular formula is C19H21N5O3. The fraction of sp³-hybridized carbons (Fsp3) is 0.368. The van der Waals surface area contributed by atoms with Gasteiger partial charge >= 0.3 is 0 Å². The molecule has 8 nitrogen and oxygen atoms in total. The van der Waals surface area contributed by atoms with Crippen molar-refractivity contribution in [2.24, 2.45) is 0 Å². The van der Waals surface area contributed by atoms with Gasteiger partial charge in [0.25, 0.3) is 5.56 Å². The Labute approximate surface area is 156 Å². The van der Waals surface area contributed by atoms with E-state index >= 15 is 0 Å². The first-order chi connectivity index (χ1) is 13.0. The Morgan fingerprint density at radius 2 is 2.15 bits per heavy atom. The number of β-amino-alcohol motifs (C(OH)–C–C–N with tert-alkyl or cyclic N) is 1. The van der Waals surface area contributed by atoms with E-state index in [1.807, 2.05) is 30.9 Å². The summed E-state index contributed by atoms with van der Waals surface area (Å²) < 4.78 is 6.74. The molecule has 4 rings (SSSR count). The molecule has 27 heavy (non-hydrogen) atoms. The number of nitrogens with zero attached hydrogens (tertiary/aromatic N) is 5. The Bertz CT molecular complexity index is 1010. The smallest absolute Gasteiger partial charge is 0.269 e. The lowest BCUT2D eigenvalue weighted by molar-refractivity contribution is 0.198. The molecule has 1 atom stereocenters. The van der Waals surface area contributed by atoms with Crippen molar-refractivity contribution in [1.29, 1.82) is 0 Å². The Morgan fingerprint density at radius 3 is 2.81 bits per heavy atom. The Balaban J connectivity index is 1.62. The van der Waals surface area contributed by atoms with Crippen molar-refractivity contribution < 1.29 is 9.63 Å². The number of hydrogen-bond donors (Lipinski definition) is 1. The molecule has 0 aromatic carbocycles. The zero-order valence-corrected chi connectivity index (χ0v) is 15.3. The monoisotopic (exact) mass is 367 g/mol. The number of anilines is 1.